The molecule has 0 spiro atoms. The predicted molar refractivity (Wildman–Crippen MR) is 106 cm³/mol. The first-order valence-electron chi connectivity index (χ1n) is 8.53. The molecule has 0 radical (unpaired) electrons. The third-order valence-corrected chi connectivity index (χ3v) is 5.82. The number of sulfonamides is 1. The number of ether oxygens (including phenoxy) is 1. The molecule has 8 nitrogen and oxygen atoms in total. The fraction of sp³-hybridized carbons (Fsp3) is 0.222. The van der Waals surface area contributed by atoms with Gasteiger partial charge in [0, 0.05) is 5.56 Å². The molecule has 3 rings (SSSR count). The fourth-order valence-electron chi connectivity index (χ4n) is 2.99. The lowest BCUT2D eigenvalue weighted by molar-refractivity contribution is 0.398. The third kappa shape index (κ3) is 3.91. The molecule has 0 saturated heterocycles. The summed E-state index contributed by atoms with van der Waals surface area (Å²) in [5.41, 5.74) is 6.32. The van der Waals surface area contributed by atoms with Crippen molar-refractivity contribution in [3.63, 3.8) is 0 Å². The van der Waals surface area contributed by atoms with Crippen molar-refractivity contribution in [1.82, 2.24) is 9.97 Å². The van der Waals surface area contributed by atoms with E-state index in [1.807, 2.05) is 0 Å². The molecule has 0 saturated carbocycles. The highest BCUT2D eigenvalue weighted by Gasteiger charge is 2.27. The van der Waals surface area contributed by atoms with E-state index in [1.165, 1.54) is 19.4 Å². The molecule has 154 valence electrons. The Bertz CT molecular complexity index is 1190. The average molecular weight is 423 g/mol. The zero-order valence-electron chi connectivity index (χ0n) is 15.6. The van der Waals surface area contributed by atoms with Crippen molar-refractivity contribution >= 4 is 38.1 Å². The van der Waals surface area contributed by atoms with Crippen LogP contribution in [-0.4, -0.2) is 25.5 Å². The SMILES string of the molecule is CCC(c1ccc(F)c(Nc2ccc3ncc(OC)nc3c2N)c1F)S(N)(=O)=O. The summed E-state index contributed by atoms with van der Waals surface area (Å²) in [6, 6.07) is 5.09. The van der Waals surface area contributed by atoms with Gasteiger partial charge in [-0.25, -0.2) is 32.3 Å². The topological polar surface area (TPSA) is 133 Å². The van der Waals surface area contributed by atoms with E-state index >= 15 is 4.39 Å². The Balaban J connectivity index is 2.11. The minimum absolute atomic E-state index is 0.0221. The Kier molecular flexibility index (Phi) is 5.53. The number of nitrogens with two attached hydrogens (primary N) is 2. The number of nitrogens with zero attached hydrogens (tertiary/aromatic N) is 2. The molecule has 29 heavy (non-hydrogen) atoms. The van der Waals surface area contributed by atoms with Crippen LogP contribution in [0.4, 0.5) is 25.8 Å². The number of aromatic nitrogens is 2. The molecule has 1 atom stereocenters. The highest BCUT2D eigenvalue weighted by atomic mass is 32.2. The summed E-state index contributed by atoms with van der Waals surface area (Å²) in [4.78, 5) is 8.35. The number of nitrogens with one attached hydrogen (secondary N) is 1. The molecule has 0 aliphatic heterocycles. The number of nitrogen functional groups attached to an aromatic ring is 1. The summed E-state index contributed by atoms with van der Waals surface area (Å²) in [7, 11) is -2.67. The summed E-state index contributed by atoms with van der Waals surface area (Å²) in [6.45, 7) is 1.54. The molecule has 5 N–H and O–H groups in total. The monoisotopic (exact) mass is 423 g/mol. The highest BCUT2D eigenvalue weighted by molar-refractivity contribution is 7.89. The summed E-state index contributed by atoms with van der Waals surface area (Å²) in [5, 5.41) is 6.47. The summed E-state index contributed by atoms with van der Waals surface area (Å²) in [6.07, 6.45) is 1.43. The van der Waals surface area contributed by atoms with Crippen LogP contribution in [0.15, 0.2) is 30.5 Å². The minimum Gasteiger partial charge on any atom is -0.480 e. The molecule has 2 aromatic carbocycles. The third-order valence-electron chi connectivity index (χ3n) is 4.44. The number of hydrogen-bond acceptors (Lipinski definition) is 7. The molecule has 0 amide bonds. The second kappa shape index (κ2) is 7.76. The van der Waals surface area contributed by atoms with Crippen molar-refractivity contribution in [3.8, 4) is 5.88 Å². The number of halogens is 2. The van der Waals surface area contributed by atoms with Gasteiger partial charge in [-0.2, -0.15) is 0 Å². The zero-order chi connectivity index (χ0) is 21.3. The standard InChI is InChI=1S/C18H19F2N5O3S/c1-3-13(29(22,26)27)9-4-5-10(19)17(15(9)20)24-11-6-7-12-18(16(11)21)25-14(28-2)8-23-12/h4-8,13,24H,3,21H2,1-2H3,(H2,22,26,27). The maximum Gasteiger partial charge on any atom is 0.232 e. The van der Waals surface area contributed by atoms with E-state index in [1.54, 1.807) is 13.0 Å². The van der Waals surface area contributed by atoms with Crippen LogP contribution in [0.5, 0.6) is 5.88 Å². The summed E-state index contributed by atoms with van der Waals surface area (Å²) >= 11 is 0. The molecule has 0 fully saturated rings. The molecule has 1 aromatic heterocycles. The van der Waals surface area contributed by atoms with Crippen molar-refractivity contribution in [3.05, 3.63) is 47.7 Å². The number of fused-ring (bicyclic) bond motifs is 1. The quantitative estimate of drug-likeness (QED) is 0.519. The van der Waals surface area contributed by atoms with Crippen LogP contribution in [0.25, 0.3) is 11.0 Å². The summed E-state index contributed by atoms with van der Waals surface area (Å²) in [5.74, 6) is -1.77. The lowest BCUT2D eigenvalue weighted by atomic mass is 10.1. The van der Waals surface area contributed by atoms with E-state index in [9.17, 15) is 12.8 Å². The highest BCUT2D eigenvalue weighted by Crippen LogP contribution is 2.35. The zero-order valence-corrected chi connectivity index (χ0v) is 16.4. The Morgan fingerprint density at radius 3 is 2.59 bits per heavy atom. The van der Waals surface area contributed by atoms with E-state index in [-0.39, 0.29) is 34.8 Å². The molecular formula is C18H19F2N5O3S. The fourth-order valence-corrected chi connectivity index (χ4v) is 3.99. The van der Waals surface area contributed by atoms with E-state index in [0.29, 0.717) is 5.52 Å². The largest absolute Gasteiger partial charge is 0.480 e. The maximum absolute atomic E-state index is 15.0. The molecule has 1 heterocycles. The van der Waals surface area contributed by atoms with E-state index in [0.717, 1.165) is 12.1 Å². The van der Waals surface area contributed by atoms with Crippen LogP contribution in [0.1, 0.15) is 24.2 Å². The van der Waals surface area contributed by atoms with E-state index in [2.05, 4.69) is 15.3 Å². The Hall–Kier alpha value is -3.05. The van der Waals surface area contributed by atoms with Crippen LogP contribution in [0.2, 0.25) is 0 Å². The van der Waals surface area contributed by atoms with Gasteiger partial charge in [0.1, 0.15) is 22.3 Å². The van der Waals surface area contributed by atoms with Gasteiger partial charge < -0.3 is 15.8 Å². The van der Waals surface area contributed by atoms with E-state index < -0.39 is 32.6 Å². The molecule has 0 bridgehead atoms. The Morgan fingerprint density at radius 1 is 1.24 bits per heavy atom. The molecule has 0 aliphatic rings. The maximum atomic E-state index is 15.0. The Morgan fingerprint density at radius 2 is 1.97 bits per heavy atom. The summed E-state index contributed by atoms with van der Waals surface area (Å²) < 4.78 is 58.0. The first kappa shape index (κ1) is 20.7. The van der Waals surface area contributed by atoms with Crippen LogP contribution in [0.3, 0.4) is 0 Å². The first-order chi connectivity index (χ1) is 13.7. The van der Waals surface area contributed by atoms with Crippen molar-refractivity contribution in [2.75, 3.05) is 18.2 Å². The molecule has 3 aromatic rings. The lowest BCUT2D eigenvalue weighted by Crippen LogP contribution is -2.22. The number of anilines is 3. The number of methoxy groups -OCH3 is 1. The van der Waals surface area contributed by atoms with E-state index in [4.69, 9.17) is 15.6 Å². The van der Waals surface area contributed by atoms with Gasteiger partial charge in [0.05, 0.1) is 30.2 Å². The number of primary sulfonamides is 1. The van der Waals surface area contributed by atoms with Crippen molar-refractivity contribution < 1.29 is 21.9 Å². The van der Waals surface area contributed by atoms with Crippen molar-refractivity contribution in [1.29, 1.82) is 0 Å². The molecule has 1 unspecified atom stereocenters. The Labute approximate surface area is 166 Å². The van der Waals surface area contributed by atoms with Crippen LogP contribution < -0.4 is 20.9 Å². The van der Waals surface area contributed by atoms with Gasteiger partial charge in [-0.05, 0) is 24.6 Å². The molecule has 11 heteroatoms. The predicted octanol–water partition coefficient (Wildman–Crippen LogP) is 2.98. The van der Waals surface area contributed by atoms with Crippen LogP contribution in [-0.2, 0) is 10.0 Å². The van der Waals surface area contributed by atoms with Gasteiger partial charge in [-0.3, -0.25) is 0 Å². The van der Waals surface area contributed by atoms with Gasteiger partial charge >= 0.3 is 0 Å². The van der Waals surface area contributed by atoms with Crippen molar-refractivity contribution in [2.24, 2.45) is 5.14 Å². The average Bonchev–Trinajstić information content (AvgIpc) is 2.67. The number of benzene rings is 2. The van der Waals surface area contributed by atoms with Crippen molar-refractivity contribution in [2.45, 2.75) is 18.6 Å². The minimum atomic E-state index is -4.08. The number of hydrogen-bond donors (Lipinski definition) is 3. The van der Waals surface area contributed by atoms with Gasteiger partial charge in [0.25, 0.3) is 0 Å². The van der Waals surface area contributed by atoms with Gasteiger partial charge in [0.15, 0.2) is 5.82 Å². The van der Waals surface area contributed by atoms with Gasteiger partial charge in [-0.1, -0.05) is 13.0 Å². The number of rotatable bonds is 6. The van der Waals surface area contributed by atoms with Gasteiger partial charge in [0.2, 0.25) is 15.9 Å². The smallest absolute Gasteiger partial charge is 0.232 e. The van der Waals surface area contributed by atoms with Gasteiger partial charge in [-0.15, -0.1) is 0 Å². The van der Waals surface area contributed by atoms with Crippen LogP contribution >= 0.6 is 0 Å². The normalized spacial score (nSPS) is 12.7. The van der Waals surface area contributed by atoms with Crippen LogP contribution in [0, 0.1) is 11.6 Å². The second-order valence-corrected chi connectivity index (χ2v) is 7.99. The molecular weight excluding hydrogens is 404 g/mol. The second-order valence-electron chi connectivity index (χ2n) is 6.24. The first-order valence-corrected chi connectivity index (χ1v) is 10.1. The lowest BCUT2D eigenvalue weighted by Gasteiger charge is -2.18. The molecule has 0 aliphatic carbocycles.